The van der Waals surface area contributed by atoms with Crippen LogP contribution in [0.4, 0.5) is 4.79 Å². The Bertz CT molecular complexity index is 526. The third-order valence-electron chi connectivity index (χ3n) is 3.63. The molecule has 1 fully saturated rings. The molecule has 1 aromatic heterocycles. The van der Waals surface area contributed by atoms with E-state index in [0.29, 0.717) is 6.01 Å². The molecular formula is C17H27N3O3. The number of rotatable bonds is 3. The Morgan fingerprint density at radius 3 is 2.22 bits per heavy atom. The van der Waals surface area contributed by atoms with Crippen LogP contribution in [0, 0.1) is 13.8 Å². The number of ether oxygens (including phenoxy) is 2. The SMILES string of the molecule is Cc1cc(C)nc(OC2CCC(NC(=O)OC(C)(C)C)CC2)n1. The third kappa shape index (κ3) is 6.04. The van der Waals surface area contributed by atoms with Crippen LogP contribution in [0.15, 0.2) is 6.07 Å². The zero-order valence-corrected chi connectivity index (χ0v) is 14.7. The Hall–Kier alpha value is -1.85. The molecule has 0 bridgehead atoms. The maximum Gasteiger partial charge on any atom is 0.407 e. The number of aryl methyl sites for hydroxylation is 2. The van der Waals surface area contributed by atoms with Crippen LogP contribution < -0.4 is 10.1 Å². The molecule has 1 heterocycles. The summed E-state index contributed by atoms with van der Waals surface area (Å²) >= 11 is 0. The van der Waals surface area contributed by atoms with Gasteiger partial charge < -0.3 is 14.8 Å². The highest BCUT2D eigenvalue weighted by Gasteiger charge is 2.26. The average molecular weight is 321 g/mol. The van der Waals surface area contributed by atoms with E-state index in [2.05, 4.69) is 15.3 Å². The Morgan fingerprint density at radius 2 is 1.70 bits per heavy atom. The van der Waals surface area contributed by atoms with Gasteiger partial charge >= 0.3 is 12.1 Å². The molecule has 1 aromatic rings. The second kappa shape index (κ2) is 7.15. The molecular weight excluding hydrogens is 294 g/mol. The van der Waals surface area contributed by atoms with Gasteiger partial charge in [-0.15, -0.1) is 0 Å². The summed E-state index contributed by atoms with van der Waals surface area (Å²) in [4.78, 5) is 20.4. The number of amides is 1. The lowest BCUT2D eigenvalue weighted by Gasteiger charge is -2.29. The molecule has 1 aliphatic carbocycles. The van der Waals surface area contributed by atoms with Crippen molar-refractivity contribution in [1.82, 2.24) is 15.3 Å². The van der Waals surface area contributed by atoms with Crippen molar-refractivity contribution in [2.75, 3.05) is 0 Å². The number of nitrogens with one attached hydrogen (secondary N) is 1. The Balaban J connectivity index is 1.78. The number of nitrogens with zero attached hydrogens (tertiary/aromatic N) is 2. The number of carbonyl (C=O) groups excluding carboxylic acids is 1. The van der Waals surface area contributed by atoms with E-state index >= 15 is 0 Å². The Morgan fingerprint density at radius 1 is 1.13 bits per heavy atom. The first-order chi connectivity index (χ1) is 10.7. The normalized spacial score (nSPS) is 21.6. The van der Waals surface area contributed by atoms with Gasteiger partial charge in [-0.1, -0.05) is 0 Å². The van der Waals surface area contributed by atoms with Crippen LogP contribution in [-0.2, 0) is 4.74 Å². The van der Waals surface area contributed by atoms with E-state index in [0.717, 1.165) is 37.1 Å². The van der Waals surface area contributed by atoms with Crippen molar-refractivity contribution in [2.45, 2.75) is 78.0 Å². The molecule has 0 saturated heterocycles. The fourth-order valence-electron chi connectivity index (χ4n) is 2.69. The fourth-order valence-corrected chi connectivity index (χ4v) is 2.69. The summed E-state index contributed by atoms with van der Waals surface area (Å²) in [6, 6.07) is 2.52. The minimum atomic E-state index is -0.467. The van der Waals surface area contributed by atoms with Crippen LogP contribution in [0.3, 0.4) is 0 Å². The molecule has 2 rings (SSSR count). The standard InChI is InChI=1S/C17H27N3O3/c1-11-10-12(2)19-15(18-11)22-14-8-6-13(7-9-14)20-16(21)23-17(3,4)5/h10,13-14H,6-9H2,1-5H3,(H,20,21). The zero-order chi connectivity index (χ0) is 17.0. The number of aromatic nitrogens is 2. The molecule has 1 saturated carbocycles. The first kappa shape index (κ1) is 17.5. The highest BCUT2D eigenvalue weighted by Crippen LogP contribution is 2.23. The lowest BCUT2D eigenvalue weighted by Crippen LogP contribution is -2.42. The molecule has 1 aliphatic rings. The van der Waals surface area contributed by atoms with Gasteiger partial charge in [-0.3, -0.25) is 0 Å². The number of hydrogen-bond donors (Lipinski definition) is 1. The van der Waals surface area contributed by atoms with E-state index in [9.17, 15) is 4.79 Å². The first-order valence-corrected chi connectivity index (χ1v) is 8.20. The minimum Gasteiger partial charge on any atom is -0.460 e. The highest BCUT2D eigenvalue weighted by atomic mass is 16.6. The molecule has 23 heavy (non-hydrogen) atoms. The van der Waals surface area contributed by atoms with Crippen molar-refractivity contribution in [1.29, 1.82) is 0 Å². The van der Waals surface area contributed by atoms with Gasteiger partial charge in [-0.25, -0.2) is 14.8 Å². The van der Waals surface area contributed by atoms with Gasteiger partial charge in [0.25, 0.3) is 0 Å². The van der Waals surface area contributed by atoms with Gasteiger partial charge in [0.15, 0.2) is 0 Å². The quantitative estimate of drug-likeness (QED) is 0.924. The lowest BCUT2D eigenvalue weighted by atomic mass is 9.93. The monoisotopic (exact) mass is 321 g/mol. The fraction of sp³-hybridized carbons (Fsp3) is 0.706. The lowest BCUT2D eigenvalue weighted by molar-refractivity contribution is 0.0467. The van der Waals surface area contributed by atoms with Crippen molar-refractivity contribution in [2.24, 2.45) is 0 Å². The summed E-state index contributed by atoms with van der Waals surface area (Å²) in [5, 5.41) is 2.93. The second-order valence-electron chi connectivity index (χ2n) is 7.17. The molecule has 1 N–H and O–H groups in total. The number of hydrogen-bond acceptors (Lipinski definition) is 5. The molecule has 0 radical (unpaired) electrons. The van der Waals surface area contributed by atoms with Gasteiger partial charge in [0.1, 0.15) is 11.7 Å². The second-order valence-corrected chi connectivity index (χ2v) is 7.17. The summed E-state index contributed by atoms with van der Waals surface area (Å²) in [5.74, 6) is 0. The van der Waals surface area contributed by atoms with Crippen molar-refractivity contribution in [3.63, 3.8) is 0 Å². The van der Waals surface area contributed by atoms with E-state index in [1.165, 1.54) is 0 Å². The smallest absolute Gasteiger partial charge is 0.407 e. The Labute approximate surface area is 138 Å². The van der Waals surface area contributed by atoms with E-state index in [-0.39, 0.29) is 18.2 Å². The van der Waals surface area contributed by atoms with Crippen LogP contribution in [-0.4, -0.2) is 33.8 Å². The average Bonchev–Trinajstić information content (AvgIpc) is 2.37. The summed E-state index contributed by atoms with van der Waals surface area (Å²) in [6.07, 6.45) is 3.24. The summed E-state index contributed by atoms with van der Waals surface area (Å²) < 4.78 is 11.2. The van der Waals surface area contributed by atoms with E-state index in [1.807, 2.05) is 40.7 Å². The predicted octanol–water partition coefficient (Wildman–Crippen LogP) is 3.31. The molecule has 0 aliphatic heterocycles. The summed E-state index contributed by atoms with van der Waals surface area (Å²) in [7, 11) is 0. The summed E-state index contributed by atoms with van der Waals surface area (Å²) in [5.41, 5.74) is 1.35. The van der Waals surface area contributed by atoms with Gasteiger partial charge in [0, 0.05) is 17.4 Å². The first-order valence-electron chi connectivity index (χ1n) is 8.20. The largest absolute Gasteiger partial charge is 0.460 e. The minimum absolute atomic E-state index is 0.105. The zero-order valence-electron chi connectivity index (χ0n) is 14.7. The molecule has 0 unspecified atom stereocenters. The van der Waals surface area contributed by atoms with Crippen molar-refractivity contribution in [3.05, 3.63) is 17.5 Å². The molecule has 6 nitrogen and oxygen atoms in total. The highest BCUT2D eigenvalue weighted by molar-refractivity contribution is 5.68. The van der Waals surface area contributed by atoms with Crippen LogP contribution in [0.5, 0.6) is 6.01 Å². The van der Waals surface area contributed by atoms with Crippen molar-refractivity contribution >= 4 is 6.09 Å². The predicted molar refractivity (Wildman–Crippen MR) is 87.5 cm³/mol. The Kier molecular flexibility index (Phi) is 5.44. The molecule has 128 valence electrons. The van der Waals surface area contributed by atoms with E-state index in [1.54, 1.807) is 0 Å². The third-order valence-corrected chi connectivity index (χ3v) is 3.63. The molecule has 1 amide bonds. The van der Waals surface area contributed by atoms with Crippen LogP contribution >= 0.6 is 0 Å². The van der Waals surface area contributed by atoms with Crippen molar-refractivity contribution in [3.8, 4) is 6.01 Å². The number of alkyl carbamates (subject to hydrolysis) is 1. The number of carbonyl (C=O) groups is 1. The molecule has 0 spiro atoms. The maximum atomic E-state index is 11.8. The topological polar surface area (TPSA) is 73.3 Å². The van der Waals surface area contributed by atoms with Crippen LogP contribution in [0.2, 0.25) is 0 Å². The molecule has 0 aromatic carbocycles. The molecule has 0 atom stereocenters. The van der Waals surface area contributed by atoms with Crippen LogP contribution in [0.25, 0.3) is 0 Å². The van der Waals surface area contributed by atoms with Gasteiger partial charge in [0.05, 0.1) is 0 Å². The van der Waals surface area contributed by atoms with Crippen molar-refractivity contribution < 1.29 is 14.3 Å². The maximum absolute atomic E-state index is 11.8. The van der Waals surface area contributed by atoms with Gasteiger partial charge in [0.2, 0.25) is 0 Å². The van der Waals surface area contributed by atoms with E-state index in [4.69, 9.17) is 9.47 Å². The van der Waals surface area contributed by atoms with Gasteiger partial charge in [-0.05, 0) is 66.4 Å². The van der Waals surface area contributed by atoms with E-state index < -0.39 is 5.60 Å². The van der Waals surface area contributed by atoms with Crippen LogP contribution in [0.1, 0.15) is 57.8 Å². The van der Waals surface area contributed by atoms with Gasteiger partial charge in [-0.2, -0.15) is 0 Å². The molecule has 6 heteroatoms. The summed E-state index contributed by atoms with van der Waals surface area (Å²) in [6.45, 7) is 9.45.